The van der Waals surface area contributed by atoms with E-state index in [4.69, 9.17) is 5.11 Å². The molecule has 2 N–H and O–H groups in total. The number of hydrogen-bond donors (Lipinski definition) is 2. The third-order valence-electron chi connectivity index (χ3n) is 4.10. The highest BCUT2D eigenvalue weighted by molar-refractivity contribution is 7.99. The van der Waals surface area contributed by atoms with Crippen LogP contribution in [-0.2, 0) is 4.79 Å². The van der Waals surface area contributed by atoms with Gasteiger partial charge in [0.1, 0.15) is 6.04 Å². The van der Waals surface area contributed by atoms with E-state index < -0.39 is 12.1 Å². The van der Waals surface area contributed by atoms with E-state index in [0.717, 1.165) is 6.54 Å². The molecule has 6 heteroatoms. The number of amides is 2. The minimum Gasteiger partial charge on any atom is -0.465 e. The summed E-state index contributed by atoms with van der Waals surface area (Å²) < 4.78 is 0. The fourth-order valence-corrected chi connectivity index (χ4v) is 4.03. The summed E-state index contributed by atoms with van der Waals surface area (Å²) in [5.74, 6) is 0.987. The van der Waals surface area contributed by atoms with E-state index >= 15 is 0 Å². The molecule has 1 saturated heterocycles. The van der Waals surface area contributed by atoms with Gasteiger partial charge in [-0.1, -0.05) is 30.3 Å². The van der Waals surface area contributed by atoms with Crippen molar-refractivity contribution in [1.29, 1.82) is 0 Å². The molecule has 0 unspecified atom stereocenters. The lowest BCUT2D eigenvalue weighted by atomic mass is 10.1. The first-order valence-electron chi connectivity index (χ1n) is 7.58. The van der Waals surface area contributed by atoms with Crippen LogP contribution in [0.2, 0.25) is 0 Å². The third kappa shape index (κ3) is 3.74. The molecular formula is C16H20N2O3S. The number of nitrogens with zero attached hydrogens (tertiary/aromatic N) is 1. The highest BCUT2D eigenvalue weighted by Crippen LogP contribution is 2.36. The molecule has 2 aliphatic rings. The average molecular weight is 320 g/mol. The Labute approximate surface area is 134 Å². The van der Waals surface area contributed by atoms with Crippen LogP contribution in [0.3, 0.4) is 0 Å². The van der Waals surface area contributed by atoms with Gasteiger partial charge in [-0.25, -0.2) is 4.79 Å². The van der Waals surface area contributed by atoms with Crippen molar-refractivity contribution in [3.63, 3.8) is 0 Å². The number of benzene rings is 1. The number of thioether (sulfide) groups is 1. The highest BCUT2D eigenvalue weighted by atomic mass is 32.2. The van der Waals surface area contributed by atoms with Crippen LogP contribution >= 0.6 is 11.8 Å². The van der Waals surface area contributed by atoms with Crippen LogP contribution in [0.4, 0.5) is 4.79 Å². The third-order valence-corrected chi connectivity index (χ3v) is 5.45. The Morgan fingerprint density at radius 3 is 2.68 bits per heavy atom. The van der Waals surface area contributed by atoms with Gasteiger partial charge in [0.15, 0.2) is 0 Å². The molecule has 0 aromatic heterocycles. The Hall–Kier alpha value is -1.69. The summed E-state index contributed by atoms with van der Waals surface area (Å²) in [5.41, 5.74) is 1.19. The first-order chi connectivity index (χ1) is 10.6. The Kier molecular flexibility index (Phi) is 4.57. The molecular weight excluding hydrogens is 300 g/mol. The first-order valence-corrected chi connectivity index (χ1v) is 8.63. The smallest absolute Gasteiger partial charge is 0.405 e. The molecule has 1 heterocycles. The lowest BCUT2D eigenvalue weighted by Crippen LogP contribution is -2.49. The van der Waals surface area contributed by atoms with Crippen molar-refractivity contribution in [3.8, 4) is 0 Å². The number of carboxylic acid groups (broad SMARTS) is 1. The van der Waals surface area contributed by atoms with E-state index in [1.807, 2.05) is 23.1 Å². The van der Waals surface area contributed by atoms with Crippen molar-refractivity contribution in [1.82, 2.24) is 10.2 Å². The van der Waals surface area contributed by atoms with Crippen LogP contribution in [0, 0.1) is 5.92 Å². The Bertz CT molecular complexity index is 548. The van der Waals surface area contributed by atoms with Crippen LogP contribution in [0.5, 0.6) is 0 Å². The second-order valence-corrected chi connectivity index (χ2v) is 7.16. The average Bonchev–Trinajstić information content (AvgIpc) is 3.33. The second-order valence-electron chi connectivity index (χ2n) is 5.92. The topological polar surface area (TPSA) is 69.6 Å². The van der Waals surface area contributed by atoms with Crippen molar-refractivity contribution < 1.29 is 14.7 Å². The van der Waals surface area contributed by atoms with Gasteiger partial charge in [-0.3, -0.25) is 4.79 Å². The highest BCUT2D eigenvalue weighted by Gasteiger charge is 2.35. The molecule has 0 bridgehead atoms. The van der Waals surface area contributed by atoms with E-state index in [1.165, 1.54) is 18.4 Å². The molecule has 1 saturated carbocycles. The van der Waals surface area contributed by atoms with Gasteiger partial charge in [0, 0.05) is 24.1 Å². The number of rotatable bonds is 4. The predicted molar refractivity (Wildman–Crippen MR) is 85.9 cm³/mol. The van der Waals surface area contributed by atoms with E-state index in [1.54, 1.807) is 11.8 Å². The molecule has 5 nitrogen and oxygen atoms in total. The summed E-state index contributed by atoms with van der Waals surface area (Å²) in [6.07, 6.45) is 1.21. The summed E-state index contributed by atoms with van der Waals surface area (Å²) in [4.78, 5) is 25.4. The second kappa shape index (κ2) is 6.60. The monoisotopic (exact) mass is 320 g/mol. The van der Waals surface area contributed by atoms with Crippen molar-refractivity contribution in [2.45, 2.75) is 24.1 Å². The molecule has 2 fully saturated rings. The maximum Gasteiger partial charge on any atom is 0.405 e. The Morgan fingerprint density at radius 2 is 2.05 bits per heavy atom. The number of nitrogens with one attached hydrogen (secondary N) is 1. The molecule has 0 spiro atoms. The molecule has 1 aromatic rings. The SMILES string of the molecule is O=C(O)N[C@@H]1CS[C@@H](c2ccccc2)CN(CC2CC2)C1=O. The summed E-state index contributed by atoms with van der Waals surface area (Å²) in [6.45, 7) is 1.41. The lowest BCUT2D eigenvalue weighted by molar-refractivity contribution is -0.132. The van der Waals surface area contributed by atoms with E-state index in [9.17, 15) is 9.59 Å². The van der Waals surface area contributed by atoms with Gasteiger partial charge in [0.25, 0.3) is 0 Å². The maximum absolute atomic E-state index is 12.6. The largest absolute Gasteiger partial charge is 0.465 e. The maximum atomic E-state index is 12.6. The van der Waals surface area contributed by atoms with Gasteiger partial charge in [-0.05, 0) is 24.3 Å². The zero-order chi connectivity index (χ0) is 15.5. The van der Waals surface area contributed by atoms with E-state index in [0.29, 0.717) is 18.2 Å². The molecule has 1 aliphatic heterocycles. The van der Waals surface area contributed by atoms with Gasteiger partial charge in [0.2, 0.25) is 5.91 Å². The molecule has 1 aliphatic carbocycles. The van der Waals surface area contributed by atoms with E-state index in [2.05, 4.69) is 17.4 Å². The minimum atomic E-state index is -1.14. The van der Waals surface area contributed by atoms with Gasteiger partial charge < -0.3 is 15.3 Å². The summed E-state index contributed by atoms with van der Waals surface area (Å²) in [5, 5.41) is 11.5. The minimum absolute atomic E-state index is 0.0831. The lowest BCUT2D eigenvalue weighted by Gasteiger charge is -2.26. The number of hydrogen-bond acceptors (Lipinski definition) is 3. The number of carbonyl (C=O) groups is 2. The van der Waals surface area contributed by atoms with Crippen molar-refractivity contribution >= 4 is 23.8 Å². The van der Waals surface area contributed by atoms with Crippen LogP contribution < -0.4 is 5.32 Å². The zero-order valence-electron chi connectivity index (χ0n) is 12.3. The zero-order valence-corrected chi connectivity index (χ0v) is 13.1. The molecule has 2 amide bonds. The molecule has 2 atom stereocenters. The van der Waals surface area contributed by atoms with Crippen LogP contribution in [0.25, 0.3) is 0 Å². The fourth-order valence-electron chi connectivity index (χ4n) is 2.75. The molecule has 3 rings (SSSR count). The predicted octanol–water partition coefficient (Wildman–Crippen LogP) is 2.35. The first kappa shape index (κ1) is 15.2. The van der Waals surface area contributed by atoms with Crippen molar-refractivity contribution in [2.75, 3.05) is 18.8 Å². The Balaban J connectivity index is 1.78. The van der Waals surface area contributed by atoms with E-state index in [-0.39, 0.29) is 11.2 Å². The van der Waals surface area contributed by atoms with Gasteiger partial charge in [0.05, 0.1) is 0 Å². The summed E-state index contributed by atoms with van der Waals surface area (Å²) in [6, 6.07) is 9.48. The summed E-state index contributed by atoms with van der Waals surface area (Å²) >= 11 is 1.65. The summed E-state index contributed by atoms with van der Waals surface area (Å²) in [7, 11) is 0. The molecule has 0 radical (unpaired) electrons. The molecule has 22 heavy (non-hydrogen) atoms. The van der Waals surface area contributed by atoms with Gasteiger partial charge in [-0.2, -0.15) is 0 Å². The van der Waals surface area contributed by atoms with Crippen LogP contribution in [0.1, 0.15) is 23.7 Å². The normalized spacial score (nSPS) is 25.6. The standard InChI is InChI=1S/C16H20N2O3S/c19-15-13(17-16(20)21)10-22-14(12-4-2-1-3-5-12)9-18(15)8-11-6-7-11/h1-5,11,13-14,17H,6-10H2,(H,20,21)/t13-,14-/m1/s1. The van der Waals surface area contributed by atoms with Crippen LogP contribution in [-0.4, -0.2) is 46.9 Å². The van der Waals surface area contributed by atoms with Crippen LogP contribution in [0.15, 0.2) is 30.3 Å². The quantitative estimate of drug-likeness (QED) is 0.893. The molecule has 1 aromatic carbocycles. The Morgan fingerprint density at radius 1 is 1.32 bits per heavy atom. The van der Waals surface area contributed by atoms with Gasteiger partial charge in [-0.15, -0.1) is 11.8 Å². The molecule has 118 valence electrons. The van der Waals surface area contributed by atoms with Crippen molar-refractivity contribution in [2.24, 2.45) is 5.92 Å². The number of carbonyl (C=O) groups excluding carboxylic acids is 1. The van der Waals surface area contributed by atoms with Gasteiger partial charge >= 0.3 is 6.09 Å². The fraction of sp³-hybridized carbons (Fsp3) is 0.500. The van der Waals surface area contributed by atoms with Crippen molar-refractivity contribution in [3.05, 3.63) is 35.9 Å².